The van der Waals surface area contributed by atoms with Crippen molar-refractivity contribution >= 4 is 146 Å². The van der Waals surface area contributed by atoms with Crippen LogP contribution < -0.4 is 81.4 Å². The lowest BCUT2D eigenvalue weighted by Crippen LogP contribution is -2.62. The van der Waals surface area contributed by atoms with Crippen LogP contribution >= 0.6 is 23.4 Å². The fraction of sp³-hybridized carbons (Fsp3) is 0.495. The summed E-state index contributed by atoms with van der Waals surface area (Å²) in [7, 11) is 5.78. The summed E-state index contributed by atoms with van der Waals surface area (Å²) in [6, 6.07) is 4.23. The molecule has 1 aliphatic carbocycles. The molecule has 2 aliphatic heterocycles. The molecule has 0 radical (unpaired) electrons. The number of aliphatic hydroxyl groups excluding tert-OH is 5. The van der Waals surface area contributed by atoms with Crippen molar-refractivity contribution in [2.45, 2.75) is 200 Å². The third kappa shape index (κ3) is 32.6. The third-order valence-electron chi connectivity index (χ3n) is 25.9. The Morgan fingerprint density at radius 3 is 1.74 bits per heavy atom. The molecule has 3 aromatic carbocycles. The fourth-order valence-electron chi connectivity index (χ4n) is 17.6. The number of benzene rings is 3. The first-order valence-corrected chi connectivity index (χ1v) is 49.3. The Kier molecular flexibility index (Phi) is 42.7. The van der Waals surface area contributed by atoms with E-state index in [4.69, 9.17) is 34.5 Å². The molecule has 4 aromatic heterocycles. The molecule has 25 N–H and O–H groups in total. The lowest BCUT2D eigenvalue weighted by atomic mass is 9.79. The van der Waals surface area contributed by atoms with E-state index in [9.17, 15) is 64.2 Å². The molecular weight excluding hydrogens is 1920 g/mol. The van der Waals surface area contributed by atoms with Crippen molar-refractivity contribution in [2.75, 3.05) is 84.6 Å². The second-order valence-corrected chi connectivity index (χ2v) is 38.0. The molecule has 3 fully saturated rings. The molecule has 145 heavy (non-hydrogen) atoms. The van der Waals surface area contributed by atoms with Crippen LogP contribution in [0.4, 0.5) is 4.79 Å². The van der Waals surface area contributed by atoms with Crippen molar-refractivity contribution < 1.29 is 112 Å². The Balaban J connectivity index is 1.12. The molecule has 2 saturated heterocycles. The highest BCUT2D eigenvalue weighted by Gasteiger charge is 2.44. The number of carboxylic acid groups (broad SMARTS) is 1. The van der Waals surface area contributed by atoms with Gasteiger partial charge in [0.25, 0.3) is 0 Å². The second kappa shape index (κ2) is 54.8. The SMILES string of the molecule is CN1C(=O)[C@H](CCC(=O)NC[C@H](O)[C@@H](O)[C@H](O)[C@H](O)CO)NC(=O)[C@H](C2CCC2)NC(=O)[C@H](CC(N)=O)NC(=O)[C@H](Cc2cccnc2)N(C)C(=O)[C@@H](Cc2cccc(C(N)=O)c2)NC(=O)CSC[C@@H](C(=O)N[C@@H](CCCCN)C(N)=O)NC(=O)[C@H](Cc2cn(C)c3ccccc23)NC(=O)[C@H](CCCCNC(=O)N2CCN(CC(=O)O)CC2)NC(=O)[C@H](Cc2cn(C)c3c(Cl)cccc23)NC(=O)[C@@H]1Cc1cccnc1. The van der Waals surface area contributed by atoms with E-state index in [1.54, 1.807) is 95.1 Å². The Morgan fingerprint density at radius 2 is 1.14 bits per heavy atom. The van der Waals surface area contributed by atoms with Gasteiger partial charge in [-0.05, 0) is 134 Å². The Hall–Kier alpha value is -13.8. The monoisotopic (exact) mass is 2050 g/mol. The van der Waals surface area contributed by atoms with E-state index < -0.39 is 267 Å². The van der Waals surface area contributed by atoms with Gasteiger partial charge in [0.2, 0.25) is 88.6 Å². The van der Waals surface area contributed by atoms with Gasteiger partial charge in [0, 0.05) is 171 Å². The minimum atomic E-state index is -2.15. The zero-order valence-corrected chi connectivity index (χ0v) is 82.5. The Labute approximate surface area is 844 Å². The van der Waals surface area contributed by atoms with Crippen LogP contribution in [0.3, 0.4) is 0 Å². The molecule has 0 spiro atoms. The number of piperazine rings is 1. The van der Waals surface area contributed by atoms with Crippen molar-refractivity contribution in [3.63, 3.8) is 0 Å². The number of primary amides is 3. The topological polar surface area (TPSA) is 697 Å². The number of pyridine rings is 2. The number of aliphatic hydroxyl groups is 5. The van der Waals surface area contributed by atoms with Gasteiger partial charge in [-0.3, -0.25) is 91.6 Å². The molecule has 7 aromatic rings. The number of para-hydroxylation sites is 2. The highest BCUT2D eigenvalue weighted by atomic mass is 35.5. The van der Waals surface area contributed by atoms with E-state index in [2.05, 4.69) is 68.5 Å². The van der Waals surface area contributed by atoms with E-state index in [1.165, 1.54) is 80.2 Å². The second-order valence-electron chi connectivity index (χ2n) is 36.5. The average Bonchev–Trinajstić information content (AvgIpc) is 1.66. The molecule has 6 heterocycles. The number of carbonyl (C=O) groups is 17. The lowest BCUT2D eigenvalue weighted by Gasteiger charge is -2.36. The standard InChI is InChI=1S/C97H130ClN23O23S/c1-116-48-59(61-22-5-6-27-72(61)116)42-67-89(136)114-71(91(138)108-64(86(102)133)25-7-9-30-99)52-145-53-79(127)107-70(39-54-16-11-21-58(38-54)85(101)132)96(143)119(4)74(41-56-18-15-32-104-46-56)93(140)113-69(44-77(100)125)90(137)115-81(57-19-12-20-57)94(141)110-66(28-29-78(126)106-47-75(123)83(130)84(131)76(124)51-122)95(142)118(3)73(40-55-17-14-31-103-45-55)92(139)112-68(43-60-49-117(2)82-62(60)23-13-24-63(82)98)88(135)109-65(87(134)111-67)26-8-10-33-105-97(144)121-36-34-120(35-37-121)50-80(128)129/h5-6,11,13-18,21-24,27,31-32,38,45-46,48-49,57,64-71,73-76,81,83-84,122-124,130-131H,7-10,12,19-20,25-26,28-30,33-37,39-44,47,50-53,99H2,1-4H3,(H2,100,125)(H2,101,132)(H2,102,133)(H,105,144)(H,106,126)(H,107,127)(H,108,138)(H,109,135)(H,110,141)(H,111,134)(H,112,139)(H,113,140)(H,114,136)(H,115,137)(H,128,129)/t64-,65-,66-,67-,68-,69-,70+,71-,73-,74-,75-,76+,81-,83+,84+/m0/s1. The molecule has 46 nitrogen and oxygen atoms in total. The predicted octanol–water partition coefficient (Wildman–Crippen LogP) is -4.31. The van der Waals surface area contributed by atoms with E-state index in [0.717, 1.165) is 21.6 Å². The number of aliphatic carboxylic acids is 1. The number of hydrogen-bond acceptors (Lipinski definition) is 27. The van der Waals surface area contributed by atoms with Gasteiger partial charge in [0.15, 0.2) is 0 Å². The van der Waals surface area contributed by atoms with Gasteiger partial charge in [-0.2, -0.15) is 0 Å². The molecule has 10 rings (SSSR count). The number of unbranched alkanes of at least 4 members (excludes halogenated alkanes) is 2. The van der Waals surface area contributed by atoms with Gasteiger partial charge < -0.3 is 136 Å². The number of nitrogens with zero attached hydrogens (tertiary/aromatic N) is 8. The number of aryl methyl sites for hydroxylation is 2. The molecule has 0 bridgehead atoms. The average molecular weight is 2050 g/mol. The van der Waals surface area contributed by atoms with Crippen LogP contribution in [0.2, 0.25) is 5.02 Å². The van der Waals surface area contributed by atoms with Crippen LogP contribution in [0.1, 0.15) is 115 Å². The zero-order valence-electron chi connectivity index (χ0n) is 81.0. The minimum absolute atomic E-state index is 0.00970. The van der Waals surface area contributed by atoms with Crippen molar-refractivity contribution in [3.05, 3.63) is 167 Å². The van der Waals surface area contributed by atoms with Crippen LogP contribution in [0.5, 0.6) is 0 Å². The maximum atomic E-state index is 16.3. The highest BCUT2D eigenvalue weighted by Crippen LogP contribution is 2.32. The molecule has 1 saturated carbocycles. The zero-order chi connectivity index (χ0) is 105. The van der Waals surface area contributed by atoms with E-state index in [0.29, 0.717) is 56.9 Å². The molecule has 15 atom stereocenters. The number of carbonyl (C=O) groups excluding carboxylic acids is 16. The van der Waals surface area contributed by atoms with Crippen molar-refractivity contribution in [3.8, 4) is 0 Å². The molecule has 784 valence electrons. The number of fused-ring (bicyclic) bond motifs is 2. The third-order valence-corrected chi connectivity index (χ3v) is 27.2. The molecule has 3 aliphatic rings. The van der Waals surface area contributed by atoms with Crippen LogP contribution in [-0.4, -0.2) is 345 Å². The first kappa shape index (κ1) is 113. The van der Waals surface area contributed by atoms with Crippen LogP contribution in [0.15, 0.2) is 128 Å². The largest absolute Gasteiger partial charge is 0.480 e. The minimum Gasteiger partial charge on any atom is -0.480 e. The number of thioether (sulfide) groups is 1. The summed E-state index contributed by atoms with van der Waals surface area (Å²) in [4.78, 5) is 265. The van der Waals surface area contributed by atoms with Gasteiger partial charge in [0.05, 0.1) is 42.0 Å². The summed E-state index contributed by atoms with van der Waals surface area (Å²) in [6.45, 7) is -1.01. The van der Waals surface area contributed by atoms with Crippen LogP contribution in [0, 0.1) is 5.92 Å². The normalized spacial score (nSPS) is 21.8. The number of nitrogens with two attached hydrogens (primary N) is 4. The summed E-state index contributed by atoms with van der Waals surface area (Å²) < 4.78 is 3.43. The first-order chi connectivity index (χ1) is 69.2. The highest BCUT2D eigenvalue weighted by molar-refractivity contribution is 8.00. The maximum Gasteiger partial charge on any atom is 0.317 e. The Bertz CT molecular complexity index is 5740. The number of aromatic nitrogens is 4. The molecular formula is C97H130ClN23O23S. The number of rotatable bonds is 37. The van der Waals surface area contributed by atoms with Crippen LogP contribution in [0.25, 0.3) is 21.8 Å². The first-order valence-electron chi connectivity index (χ1n) is 47.8. The number of nitrogens with one attached hydrogen (secondary N) is 11. The summed E-state index contributed by atoms with van der Waals surface area (Å²) >= 11 is 7.61. The fourth-order valence-corrected chi connectivity index (χ4v) is 18.7. The smallest absolute Gasteiger partial charge is 0.317 e. The number of amides is 17. The van der Waals surface area contributed by atoms with E-state index in [1.807, 2.05) is 0 Å². The number of carboxylic acids is 1. The quantitative estimate of drug-likeness (QED) is 0.0164. The summed E-state index contributed by atoms with van der Waals surface area (Å²) in [6.07, 6.45) is -2.32. The maximum absolute atomic E-state index is 16.3. The van der Waals surface area contributed by atoms with Crippen molar-refractivity contribution in [2.24, 2.45) is 42.9 Å². The number of halogens is 1. The lowest BCUT2D eigenvalue weighted by molar-refractivity contribution is -0.144. The number of urea groups is 1. The van der Waals surface area contributed by atoms with E-state index >= 15 is 47.9 Å². The van der Waals surface area contributed by atoms with E-state index in [-0.39, 0.29) is 113 Å². The molecule has 17 amide bonds. The van der Waals surface area contributed by atoms with Gasteiger partial charge in [-0.1, -0.05) is 72.6 Å². The van der Waals surface area contributed by atoms with Gasteiger partial charge in [-0.15, -0.1) is 11.8 Å². The van der Waals surface area contributed by atoms with Gasteiger partial charge >= 0.3 is 12.0 Å². The number of likely N-dealkylation sites (N-methyl/N-ethyl adjacent to an activating group) is 2. The van der Waals surface area contributed by atoms with Gasteiger partial charge in [-0.25, -0.2) is 4.79 Å². The van der Waals surface area contributed by atoms with Crippen molar-refractivity contribution in [1.82, 2.24) is 97.2 Å². The summed E-state index contributed by atoms with van der Waals surface area (Å²) in [5.74, 6) is -18.8. The number of hydrogen-bond donors (Lipinski definition) is 21. The van der Waals surface area contributed by atoms with Gasteiger partial charge in [0.1, 0.15) is 84.8 Å². The molecule has 48 heteroatoms. The predicted molar refractivity (Wildman–Crippen MR) is 530 cm³/mol. The Morgan fingerprint density at radius 1 is 0.566 bits per heavy atom. The summed E-state index contributed by atoms with van der Waals surface area (Å²) in [5.41, 5.74) is 26.2. The molecule has 0 unspecified atom stereocenters. The van der Waals surface area contributed by atoms with Crippen molar-refractivity contribution in [1.29, 1.82) is 0 Å². The van der Waals surface area contributed by atoms with Crippen LogP contribution in [-0.2, 0) is 118 Å². The summed E-state index contributed by atoms with van der Waals surface area (Å²) in [5, 5.41) is 92.1.